The second-order valence-corrected chi connectivity index (χ2v) is 5.23. The number of fused-ring (bicyclic) bond motifs is 1. The van der Waals surface area contributed by atoms with Crippen molar-refractivity contribution in [2.45, 2.75) is 13.8 Å². The molecule has 0 amide bonds. The summed E-state index contributed by atoms with van der Waals surface area (Å²) in [6, 6.07) is 13.3. The normalized spacial score (nSPS) is 10.8. The molecule has 21 heavy (non-hydrogen) atoms. The zero-order valence-corrected chi connectivity index (χ0v) is 12.4. The molecule has 0 atom stereocenters. The monoisotopic (exact) mass is 279 g/mol. The van der Waals surface area contributed by atoms with Gasteiger partial charge in [-0.15, -0.1) is 0 Å². The summed E-state index contributed by atoms with van der Waals surface area (Å²) in [6.45, 7) is 4.02. The zero-order chi connectivity index (χ0) is 15.0. The van der Waals surface area contributed by atoms with Crippen LogP contribution in [0.3, 0.4) is 0 Å². The topological polar surface area (TPSA) is 42.1 Å². The summed E-state index contributed by atoms with van der Waals surface area (Å²) in [5.41, 5.74) is 4.87. The van der Waals surface area contributed by atoms with E-state index in [2.05, 4.69) is 4.98 Å². The van der Waals surface area contributed by atoms with E-state index < -0.39 is 0 Å². The second-order valence-electron chi connectivity index (χ2n) is 5.23. The van der Waals surface area contributed by atoms with E-state index >= 15 is 0 Å². The number of para-hydroxylation sites is 1. The van der Waals surface area contributed by atoms with E-state index in [0.29, 0.717) is 5.39 Å². The largest absolute Gasteiger partial charge is 0.496 e. The Hall–Kier alpha value is -2.55. The van der Waals surface area contributed by atoms with Crippen molar-refractivity contribution in [3.05, 3.63) is 63.8 Å². The van der Waals surface area contributed by atoms with Gasteiger partial charge in [-0.2, -0.15) is 0 Å². The zero-order valence-electron chi connectivity index (χ0n) is 12.4. The van der Waals surface area contributed by atoms with Crippen LogP contribution in [0.25, 0.3) is 22.2 Å². The van der Waals surface area contributed by atoms with Crippen LogP contribution in [0, 0.1) is 13.8 Å². The summed E-state index contributed by atoms with van der Waals surface area (Å²) in [4.78, 5) is 15.6. The van der Waals surface area contributed by atoms with Crippen molar-refractivity contribution < 1.29 is 4.74 Å². The van der Waals surface area contributed by atoms with Gasteiger partial charge in [-0.1, -0.05) is 12.1 Å². The first-order valence-corrected chi connectivity index (χ1v) is 6.88. The SMILES string of the molecule is COc1cc(C)c(-c2cc(=O)c3ccccc3[nH]2)cc1C. The Kier molecular flexibility index (Phi) is 3.26. The van der Waals surface area contributed by atoms with E-state index in [1.54, 1.807) is 13.2 Å². The van der Waals surface area contributed by atoms with Crippen molar-refractivity contribution >= 4 is 10.9 Å². The number of hydrogen-bond acceptors (Lipinski definition) is 2. The van der Waals surface area contributed by atoms with Gasteiger partial charge in [0.05, 0.1) is 7.11 Å². The van der Waals surface area contributed by atoms with Crippen molar-refractivity contribution in [3.8, 4) is 17.0 Å². The molecule has 3 heteroatoms. The standard InChI is InChI=1S/C18H17NO2/c1-11-9-18(21-3)12(2)8-14(11)16-10-17(20)13-6-4-5-7-15(13)19-16/h4-10H,1-3H3,(H,19,20). The lowest BCUT2D eigenvalue weighted by Crippen LogP contribution is -2.03. The maximum Gasteiger partial charge on any atom is 0.190 e. The minimum absolute atomic E-state index is 0.0345. The van der Waals surface area contributed by atoms with Gasteiger partial charge in [0.25, 0.3) is 0 Å². The molecule has 0 saturated heterocycles. The highest BCUT2D eigenvalue weighted by Gasteiger charge is 2.09. The molecule has 0 aliphatic carbocycles. The summed E-state index contributed by atoms with van der Waals surface area (Å²) in [6.07, 6.45) is 0. The van der Waals surface area contributed by atoms with Gasteiger partial charge in [-0.25, -0.2) is 0 Å². The maximum absolute atomic E-state index is 12.2. The number of hydrogen-bond donors (Lipinski definition) is 1. The highest BCUT2D eigenvalue weighted by atomic mass is 16.5. The number of benzene rings is 2. The van der Waals surface area contributed by atoms with Crippen LogP contribution in [-0.2, 0) is 0 Å². The Morgan fingerprint density at radius 3 is 2.52 bits per heavy atom. The molecule has 1 N–H and O–H groups in total. The van der Waals surface area contributed by atoms with Crippen LogP contribution >= 0.6 is 0 Å². The third-order valence-electron chi connectivity index (χ3n) is 3.77. The lowest BCUT2D eigenvalue weighted by atomic mass is 10.0. The average molecular weight is 279 g/mol. The van der Waals surface area contributed by atoms with Crippen LogP contribution in [0.4, 0.5) is 0 Å². The van der Waals surface area contributed by atoms with Crippen molar-refractivity contribution in [3.63, 3.8) is 0 Å². The molecule has 0 bridgehead atoms. The Balaban J connectivity index is 2.26. The number of ether oxygens (including phenoxy) is 1. The number of aromatic nitrogens is 1. The number of rotatable bonds is 2. The van der Waals surface area contributed by atoms with E-state index in [9.17, 15) is 4.79 Å². The Labute approximate surface area is 123 Å². The van der Waals surface area contributed by atoms with Gasteiger partial charge in [0.15, 0.2) is 5.43 Å². The molecular weight excluding hydrogens is 262 g/mol. The van der Waals surface area contributed by atoms with Crippen LogP contribution in [0.1, 0.15) is 11.1 Å². The highest BCUT2D eigenvalue weighted by molar-refractivity contribution is 5.82. The number of aryl methyl sites for hydroxylation is 2. The summed E-state index contributed by atoms with van der Waals surface area (Å²) in [5.74, 6) is 0.861. The molecule has 2 aromatic carbocycles. The smallest absolute Gasteiger partial charge is 0.190 e. The van der Waals surface area contributed by atoms with Crippen LogP contribution in [0.2, 0.25) is 0 Å². The number of nitrogens with one attached hydrogen (secondary N) is 1. The Morgan fingerprint density at radius 2 is 1.76 bits per heavy atom. The van der Waals surface area contributed by atoms with Crippen LogP contribution < -0.4 is 10.2 Å². The van der Waals surface area contributed by atoms with Gasteiger partial charge >= 0.3 is 0 Å². The lowest BCUT2D eigenvalue weighted by molar-refractivity contribution is 0.411. The lowest BCUT2D eigenvalue weighted by Gasteiger charge is -2.12. The van der Waals surface area contributed by atoms with Crippen molar-refractivity contribution in [2.75, 3.05) is 7.11 Å². The molecule has 0 aliphatic heterocycles. The number of methoxy groups -OCH3 is 1. The molecule has 0 unspecified atom stereocenters. The third-order valence-corrected chi connectivity index (χ3v) is 3.77. The van der Waals surface area contributed by atoms with Crippen molar-refractivity contribution in [2.24, 2.45) is 0 Å². The molecule has 3 aromatic rings. The molecule has 0 aliphatic rings. The fraction of sp³-hybridized carbons (Fsp3) is 0.167. The fourth-order valence-corrected chi connectivity index (χ4v) is 2.64. The summed E-state index contributed by atoms with van der Waals surface area (Å²) < 4.78 is 5.34. The Bertz CT molecular complexity index is 878. The van der Waals surface area contributed by atoms with Crippen LogP contribution in [0.15, 0.2) is 47.3 Å². The quantitative estimate of drug-likeness (QED) is 0.775. The number of pyridine rings is 1. The van der Waals surface area contributed by atoms with E-state index in [0.717, 1.165) is 33.7 Å². The predicted octanol–water partition coefficient (Wildman–Crippen LogP) is 3.82. The molecule has 0 spiro atoms. The third kappa shape index (κ3) is 2.31. The van der Waals surface area contributed by atoms with Gasteiger partial charge in [0.1, 0.15) is 5.75 Å². The van der Waals surface area contributed by atoms with Gasteiger partial charge in [-0.3, -0.25) is 4.79 Å². The van der Waals surface area contributed by atoms with E-state index in [-0.39, 0.29) is 5.43 Å². The van der Waals surface area contributed by atoms with E-state index in [1.807, 2.05) is 50.2 Å². The summed E-state index contributed by atoms with van der Waals surface area (Å²) >= 11 is 0. The first-order chi connectivity index (χ1) is 10.1. The summed E-state index contributed by atoms with van der Waals surface area (Å²) in [7, 11) is 1.67. The first kappa shape index (κ1) is 13.4. The molecular formula is C18H17NO2. The van der Waals surface area contributed by atoms with Crippen LogP contribution in [-0.4, -0.2) is 12.1 Å². The van der Waals surface area contributed by atoms with Gasteiger partial charge in [0, 0.05) is 28.2 Å². The van der Waals surface area contributed by atoms with E-state index in [4.69, 9.17) is 4.74 Å². The number of aromatic amines is 1. The average Bonchev–Trinajstić information content (AvgIpc) is 2.49. The minimum atomic E-state index is 0.0345. The molecule has 3 rings (SSSR count). The number of H-pyrrole nitrogens is 1. The van der Waals surface area contributed by atoms with Crippen molar-refractivity contribution in [1.82, 2.24) is 4.98 Å². The molecule has 3 nitrogen and oxygen atoms in total. The summed E-state index contributed by atoms with van der Waals surface area (Å²) in [5, 5.41) is 0.712. The maximum atomic E-state index is 12.2. The molecule has 1 heterocycles. The minimum Gasteiger partial charge on any atom is -0.496 e. The predicted molar refractivity (Wildman–Crippen MR) is 86.0 cm³/mol. The van der Waals surface area contributed by atoms with Crippen molar-refractivity contribution in [1.29, 1.82) is 0 Å². The fourth-order valence-electron chi connectivity index (χ4n) is 2.64. The Morgan fingerprint density at radius 1 is 1.00 bits per heavy atom. The highest BCUT2D eigenvalue weighted by Crippen LogP contribution is 2.29. The van der Waals surface area contributed by atoms with Gasteiger partial charge in [-0.05, 0) is 49.2 Å². The molecule has 106 valence electrons. The van der Waals surface area contributed by atoms with Gasteiger partial charge < -0.3 is 9.72 Å². The molecule has 0 saturated carbocycles. The van der Waals surface area contributed by atoms with Gasteiger partial charge in [0.2, 0.25) is 0 Å². The first-order valence-electron chi connectivity index (χ1n) is 6.88. The molecule has 0 radical (unpaired) electrons. The van der Waals surface area contributed by atoms with E-state index in [1.165, 1.54) is 0 Å². The molecule has 1 aromatic heterocycles. The van der Waals surface area contributed by atoms with Crippen LogP contribution in [0.5, 0.6) is 5.75 Å². The molecule has 0 fully saturated rings. The second kappa shape index (κ2) is 5.09.